The number of hydrogen-bond acceptors (Lipinski definition) is 3. The minimum atomic E-state index is -1.39. The summed E-state index contributed by atoms with van der Waals surface area (Å²) in [5, 5.41) is 1.48. The lowest BCUT2D eigenvalue weighted by molar-refractivity contribution is 0.104. The van der Waals surface area contributed by atoms with Gasteiger partial charge in [0.2, 0.25) is 5.78 Å². The highest BCUT2D eigenvalue weighted by Crippen LogP contribution is 2.31. The first-order chi connectivity index (χ1) is 8.18. The molecule has 3 nitrogen and oxygen atoms in total. The topological polar surface area (TPSA) is 51.2 Å². The van der Waals surface area contributed by atoms with E-state index in [1.54, 1.807) is 30.3 Å². The van der Waals surface area contributed by atoms with E-state index in [1.165, 1.54) is 5.41 Å². The first kappa shape index (κ1) is 10.8. The average molecular weight is 264 g/mol. The Morgan fingerprint density at radius 2 is 1.88 bits per heavy atom. The summed E-state index contributed by atoms with van der Waals surface area (Å²) in [5.74, 6) is 0.00475. The molecule has 0 spiro atoms. The van der Waals surface area contributed by atoms with Crippen LogP contribution in [0.2, 0.25) is 0 Å². The number of hydrogen-bond donors (Lipinski definition) is 0. The van der Waals surface area contributed by atoms with Crippen LogP contribution in [0.1, 0.15) is 10.4 Å². The minimum Gasteiger partial charge on any atom is -0.288 e. The fraction of sp³-hybridized carbons (Fsp3) is 0.0833. The Bertz CT molecular complexity index is 641. The van der Waals surface area contributed by atoms with E-state index in [0.29, 0.717) is 20.9 Å². The normalized spacial score (nSPS) is 26.7. The van der Waals surface area contributed by atoms with Crippen LogP contribution in [0.5, 0.6) is 0 Å². The van der Waals surface area contributed by atoms with E-state index >= 15 is 0 Å². The Morgan fingerprint density at radius 3 is 2.71 bits per heavy atom. The van der Waals surface area contributed by atoms with Gasteiger partial charge in [-0.05, 0) is 23.8 Å². The van der Waals surface area contributed by atoms with Gasteiger partial charge in [0.15, 0.2) is 0 Å². The fourth-order valence-electron chi connectivity index (χ4n) is 1.96. The lowest BCUT2D eigenvalue weighted by Gasteiger charge is -2.03. The monoisotopic (exact) mass is 264 g/mol. The SMILES string of the molecule is O=C1C2=C(C=CS2=O)CS(=O)c2ccccc21. The molecule has 0 bridgehead atoms. The van der Waals surface area contributed by atoms with Gasteiger partial charge in [0.25, 0.3) is 0 Å². The van der Waals surface area contributed by atoms with Crippen LogP contribution in [0, 0.1) is 0 Å². The Morgan fingerprint density at radius 1 is 1.12 bits per heavy atom. The molecule has 0 saturated carbocycles. The van der Waals surface area contributed by atoms with Gasteiger partial charge in [0.1, 0.15) is 0 Å². The summed E-state index contributed by atoms with van der Waals surface area (Å²) in [7, 11) is -2.63. The van der Waals surface area contributed by atoms with Gasteiger partial charge in [-0.1, -0.05) is 12.1 Å². The number of ketones is 1. The lowest BCUT2D eigenvalue weighted by atomic mass is 10.1. The van der Waals surface area contributed by atoms with Gasteiger partial charge in [-0.2, -0.15) is 0 Å². The maximum atomic E-state index is 12.2. The second kappa shape index (κ2) is 3.85. The number of rotatable bonds is 0. The Hall–Kier alpha value is -1.33. The van der Waals surface area contributed by atoms with Crippen LogP contribution in [0.3, 0.4) is 0 Å². The van der Waals surface area contributed by atoms with Crippen LogP contribution in [-0.2, 0) is 21.6 Å². The molecule has 0 radical (unpaired) electrons. The van der Waals surface area contributed by atoms with E-state index in [1.807, 2.05) is 0 Å². The molecule has 5 heteroatoms. The highest BCUT2D eigenvalue weighted by molar-refractivity contribution is 7.93. The van der Waals surface area contributed by atoms with Crippen LogP contribution < -0.4 is 0 Å². The van der Waals surface area contributed by atoms with E-state index in [9.17, 15) is 13.2 Å². The lowest BCUT2D eigenvalue weighted by Crippen LogP contribution is -2.07. The predicted molar refractivity (Wildman–Crippen MR) is 66.4 cm³/mol. The second-order valence-corrected chi connectivity index (χ2v) is 6.46. The molecule has 0 N–H and O–H groups in total. The van der Waals surface area contributed by atoms with Gasteiger partial charge in [-0.15, -0.1) is 0 Å². The van der Waals surface area contributed by atoms with E-state index in [-0.39, 0.29) is 11.5 Å². The van der Waals surface area contributed by atoms with E-state index in [0.717, 1.165) is 0 Å². The number of carbonyl (C=O) groups is 1. The fourth-order valence-corrected chi connectivity index (χ4v) is 4.48. The molecule has 0 aliphatic carbocycles. The highest BCUT2D eigenvalue weighted by atomic mass is 32.2. The molecule has 2 heterocycles. The molecule has 0 aromatic heterocycles. The average Bonchev–Trinajstić information content (AvgIpc) is 2.64. The number of benzene rings is 1. The van der Waals surface area contributed by atoms with Crippen molar-refractivity contribution >= 4 is 27.4 Å². The Kier molecular flexibility index (Phi) is 2.45. The Balaban J connectivity index is 2.26. The molecule has 0 amide bonds. The van der Waals surface area contributed by atoms with Crippen molar-refractivity contribution in [3.05, 3.63) is 51.8 Å². The van der Waals surface area contributed by atoms with Crippen molar-refractivity contribution in [3.8, 4) is 0 Å². The van der Waals surface area contributed by atoms with Gasteiger partial charge in [0, 0.05) is 11.0 Å². The zero-order valence-corrected chi connectivity index (χ0v) is 10.3. The number of allylic oxidation sites excluding steroid dienone is 2. The third-order valence-electron chi connectivity index (χ3n) is 2.76. The number of fused-ring (bicyclic) bond motifs is 1. The van der Waals surface area contributed by atoms with Crippen molar-refractivity contribution in [2.24, 2.45) is 0 Å². The second-order valence-electron chi connectivity index (χ2n) is 3.77. The van der Waals surface area contributed by atoms with Gasteiger partial charge in [-0.25, -0.2) is 4.21 Å². The van der Waals surface area contributed by atoms with E-state index in [4.69, 9.17) is 0 Å². The van der Waals surface area contributed by atoms with Crippen LogP contribution in [-0.4, -0.2) is 20.0 Å². The summed E-state index contributed by atoms with van der Waals surface area (Å²) >= 11 is 0. The van der Waals surface area contributed by atoms with Crippen LogP contribution in [0.25, 0.3) is 0 Å². The zero-order valence-electron chi connectivity index (χ0n) is 8.71. The van der Waals surface area contributed by atoms with Gasteiger partial charge >= 0.3 is 0 Å². The zero-order chi connectivity index (χ0) is 12.0. The highest BCUT2D eigenvalue weighted by Gasteiger charge is 2.31. The smallest absolute Gasteiger partial charge is 0.203 e. The molecule has 2 unspecified atom stereocenters. The molecule has 2 atom stereocenters. The maximum Gasteiger partial charge on any atom is 0.203 e. The third kappa shape index (κ3) is 1.57. The molecular weight excluding hydrogens is 256 g/mol. The maximum absolute atomic E-state index is 12.2. The number of Topliss-reactive ketones (excluding diaryl/α,β-unsaturated/α-hetero) is 1. The summed E-state index contributed by atoms with van der Waals surface area (Å²) in [6.45, 7) is 0. The number of carbonyl (C=O) groups excluding carboxylic acids is 1. The third-order valence-corrected chi connectivity index (χ3v) is 5.41. The summed E-state index contributed by atoms with van der Waals surface area (Å²) in [6.07, 6.45) is 1.65. The summed E-state index contributed by atoms with van der Waals surface area (Å²) in [4.78, 5) is 13.1. The summed E-state index contributed by atoms with van der Waals surface area (Å²) in [6, 6.07) is 6.82. The predicted octanol–water partition coefficient (Wildman–Crippen LogP) is 1.52. The molecule has 3 rings (SSSR count). The molecule has 2 aliphatic rings. The van der Waals surface area contributed by atoms with Crippen molar-refractivity contribution in [2.45, 2.75) is 4.90 Å². The van der Waals surface area contributed by atoms with Crippen LogP contribution in [0.4, 0.5) is 0 Å². The molecule has 0 fully saturated rings. The first-order valence-electron chi connectivity index (χ1n) is 5.02. The van der Waals surface area contributed by atoms with Gasteiger partial charge in [-0.3, -0.25) is 9.00 Å². The van der Waals surface area contributed by atoms with Crippen molar-refractivity contribution in [3.63, 3.8) is 0 Å². The standard InChI is InChI=1S/C12H8O3S2/c13-11-9-3-1-2-4-10(9)17(15)7-8-5-6-16(14)12(8)11/h1-6H,7H2. The summed E-state index contributed by atoms with van der Waals surface area (Å²) < 4.78 is 23.8. The van der Waals surface area contributed by atoms with E-state index in [2.05, 4.69) is 0 Å². The van der Waals surface area contributed by atoms with Crippen LogP contribution in [0.15, 0.2) is 51.1 Å². The molecular formula is C12H8O3S2. The largest absolute Gasteiger partial charge is 0.288 e. The minimum absolute atomic E-state index is 0.259. The van der Waals surface area contributed by atoms with Gasteiger partial charge in [0.05, 0.1) is 37.2 Å². The quantitative estimate of drug-likeness (QED) is 0.714. The molecule has 0 saturated heterocycles. The first-order valence-corrected chi connectivity index (χ1v) is 7.55. The van der Waals surface area contributed by atoms with Gasteiger partial charge < -0.3 is 0 Å². The molecule has 2 aliphatic heterocycles. The summed E-state index contributed by atoms with van der Waals surface area (Å²) in [5.41, 5.74) is 1.05. The van der Waals surface area contributed by atoms with E-state index < -0.39 is 21.6 Å². The van der Waals surface area contributed by atoms with Crippen molar-refractivity contribution in [2.75, 3.05) is 5.75 Å². The molecule has 86 valence electrons. The molecule has 1 aromatic carbocycles. The Labute approximate surface area is 103 Å². The van der Waals surface area contributed by atoms with Crippen molar-refractivity contribution in [1.82, 2.24) is 0 Å². The molecule has 17 heavy (non-hydrogen) atoms. The van der Waals surface area contributed by atoms with Crippen molar-refractivity contribution in [1.29, 1.82) is 0 Å². The molecule has 1 aromatic rings. The van der Waals surface area contributed by atoms with Crippen molar-refractivity contribution < 1.29 is 13.2 Å². The van der Waals surface area contributed by atoms with Crippen LogP contribution >= 0.6 is 0 Å².